The van der Waals surface area contributed by atoms with E-state index in [1.54, 1.807) is 12.0 Å². The smallest absolute Gasteiger partial charge is 0.354 e. The molecule has 21 heavy (non-hydrogen) atoms. The maximum absolute atomic E-state index is 12.5. The Morgan fingerprint density at radius 1 is 1.38 bits per heavy atom. The van der Waals surface area contributed by atoms with Crippen molar-refractivity contribution < 1.29 is 24.2 Å². The molecule has 0 spiro atoms. The second-order valence-corrected chi connectivity index (χ2v) is 4.83. The minimum atomic E-state index is -1.20. The van der Waals surface area contributed by atoms with E-state index in [-0.39, 0.29) is 23.3 Å². The van der Waals surface area contributed by atoms with Gasteiger partial charge in [-0.2, -0.15) is 0 Å². The summed E-state index contributed by atoms with van der Waals surface area (Å²) < 4.78 is 10.1. The Morgan fingerprint density at radius 2 is 2.10 bits per heavy atom. The molecule has 1 N–H and O–H groups in total. The van der Waals surface area contributed by atoms with E-state index in [1.807, 2.05) is 0 Å². The highest BCUT2D eigenvalue weighted by Gasteiger charge is 2.30. The van der Waals surface area contributed by atoms with Crippen molar-refractivity contribution in [2.24, 2.45) is 0 Å². The van der Waals surface area contributed by atoms with Crippen LogP contribution in [-0.4, -0.2) is 60.3 Å². The molecule has 1 aliphatic heterocycles. The standard InChI is InChI=1S/C14H18N2O5/c1-20-8-9-4-3-5-16(9)13(17)11-6-10(21-2)7-12(15-11)14(18)19/h6-7,9H,3-5,8H2,1-2H3,(H,18,19)/t9-/m1/s1. The first-order valence-corrected chi connectivity index (χ1v) is 6.66. The van der Waals surface area contributed by atoms with Crippen molar-refractivity contribution in [2.75, 3.05) is 27.4 Å². The quantitative estimate of drug-likeness (QED) is 0.872. The molecule has 7 nitrogen and oxygen atoms in total. The summed E-state index contributed by atoms with van der Waals surface area (Å²) in [6.07, 6.45) is 1.77. The zero-order chi connectivity index (χ0) is 15.4. The van der Waals surface area contributed by atoms with Crippen LogP contribution in [-0.2, 0) is 4.74 Å². The minimum Gasteiger partial charge on any atom is -0.497 e. The molecule has 0 radical (unpaired) electrons. The van der Waals surface area contributed by atoms with Gasteiger partial charge >= 0.3 is 5.97 Å². The van der Waals surface area contributed by atoms with Gasteiger partial charge in [-0.05, 0) is 12.8 Å². The van der Waals surface area contributed by atoms with Gasteiger partial charge < -0.3 is 19.5 Å². The summed E-state index contributed by atoms with van der Waals surface area (Å²) in [7, 11) is 3.01. The number of carboxylic acid groups (broad SMARTS) is 1. The molecule has 1 aliphatic rings. The second kappa shape index (κ2) is 6.53. The van der Waals surface area contributed by atoms with Crippen molar-refractivity contribution >= 4 is 11.9 Å². The lowest BCUT2D eigenvalue weighted by Crippen LogP contribution is -2.38. The van der Waals surface area contributed by atoms with E-state index >= 15 is 0 Å². The SMILES string of the molecule is COC[C@H]1CCCN1C(=O)c1cc(OC)cc(C(=O)O)n1. The Bertz CT molecular complexity index is 546. The van der Waals surface area contributed by atoms with Gasteiger partial charge in [0, 0.05) is 25.8 Å². The van der Waals surface area contributed by atoms with Gasteiger partial charge in [-0.25, -0.2) is 9.78 Å². The zero-order valence-corrected chi connectivity index (χ0v) is 12.0. The van der Waals surface area contributed by atoms with E-state index in [1.165, 1.54) is 19.2 Å². The first-order chi connectivity index (χ1) is 10.1. The molecule has 0 aromatic carbocycles. The largest absolute Gasteiger partial charge is 0.497 e. The first-order valence-electron chi connectivity index (χ1n) is 6.66. The molecule has 1 fully saturated rings. The lowest BCUT2D eigenvalue weighted by molar-refractivity contribution is 0.0624. The lowest BCUT2D eigenvalue weighted by atomic mass is 10.2. The fourth-order valence-corrected chi connectivity index (χ4v) is 2.46. The summed E-state index contributed by atoms with van der Waals surface area (Å²) in [6, 6.07) is 2.75. The average Bonchev–Trinajstić information content (AvgIpc) is 2.94. The molecule has 2 heterocycles. The Kier molecular flexibility index (Phi) is 4.74. The summed E-state index contributed by atoms with van der Waals surface area (Å²) in [5, 5.41) is 9.05. The molecule has 0 aliphatic carbocycles. The fourth-order valence-electron chi connectivity index (χ4n) is 2.46. The number of methoxy groups -OCH3 is 2. The van der Waals surface area contributed by atoms with E-state index in [9.17, 15) is 9.59 Å². The summed E-state index contributed by atoms with van der Waals surface area (Å²) in [6.45, 7) is 1.08. The van der Waals surface area contributed by atoms with E-state index in [2.05, 4.69) is 4.98 Å². The number of nitrogens with zero attached hydrogens (tertiary/aromatic N) is 2. The zero-order valence-electron chi connectivity index (χ0n) is 12.0. The van der Waals surface area contributed by atoms with Crippen LogP contribution >= 0.6 is 0 Å². The van der Waals surface area contributed by atoms with Crippen molar-refractivity contribution in [1.29, 1.82) is 0 Å². The van der Waals surface area contributed by atoms with Gasteiger partial charge in [0.2, 0.25) is 0 Å². The lowest BCUT2D eigenvalue weighted by Gasteiger charge is -2.23. The van der Waals surface area contributed by atoms with Crippen LogP contribution < -0.4 is 4.74 Å². The molecule has 1 amide bonds. The van der Waals surface area contributed by atoms with Gasteiger partial charge in [-0.15, -0.1) is 0 Å². The molecule has 0 unspecified atom stereocenters. The number of amides is 1. The molecule has 1 atom stereocenters. The number of carbonyl (C=O) groups excluding carboxylic acids is 1. The Hall–Kier alpha value is -2.15. The molecular weight excluding hydrogens is 276 g/mol. The molecule has 2 rings (SSSR count). The Morgan fingerprint density at radius 3 is 2.71 bits per heavy atom. The van der Waals surface area contributed by atoms with E-state index in [0.29, 0.717) is 18.9 Å². The van der Waals surface area contributed by atoms with Crippen LogP contribution in [0.25, 0.3) is 0 Å². The number of carboxylic acids is 1. The average molecular weight is 294 g/mol. The van der Waals surface area contributed by atoms with E-state index < -0.39 is 5.97 Å². The molecule has 7 heteroatoms. The maximum atomic E-state index is 12.5. The van der Waals surface area contributed by atoms with Gasteiger partial charge in [0.25, 0.3) is 5.91 Å². The third kappa shape index (κ3) is 3.30. The van der Waals surface area contributed by atoms with Gasteiger partial charge in [-0.3, -0.25) is 4.79 Å². The van der Waals surface area contributed by atoms with Crippen LogP contribution in [0.3, 0.4) is 0 Å². The number of rotatable bonds is 5. The highest BCUT2D eigenvalue weighted by Crippen LogP contribution is 2.22. The highest BCUT2D eigenvalue weighted by molar-refractivity contribution is 5.95. The summed E-state index contributed by atoms with van der Waals surface area (Å²) in [5.41, 5.74) is -0.130. The predicted octanol–water partition coefficient (Wildman–Crippen LogP) is 1.04. The Balaban J connectivity index is 2.29. The summed E-state index contributed by atoms with van der Waals surface area (Å²) in [5.74, 6) is -1.19. The summed E-state index contributed by atoms with van der Waals surface area (Å²) >= 11 is 0. The normalized spacial score (nSPS) is 17.8. The predicted molar refractivity (Wildman–Crippen MR) is 73.7 cm³/mol. The molecule has 0 bridgehead atoms. The third-order valence-corrected chi connectivity index (χ3v) is 3.47. The number of aromatic nitrogens is 1. The molecule has 1 aromatic heterocycles. The number of ether oxygens (including phenoxy) is 2. The van der Waals surface area contributed by atoms with E-state index in [4.69, 9.17) is 14.6 Å². The van der Waals surface area contributed by atoms with Gasteiger partial charge in [-0.1, -0.05) is 0 Å². The van der Waals surface area contributed by atoms with Crippen LogP contribution in [0.4, 0.5) is 0 Å². The Labute approximate surface area is 122 Å². The molecule has 0 saturated carbocycles. The molecule has 1 saturated heterocycles. The number of likely N-dealkylation sites (tertiary alicyclic amines) is 1. The third-order valence-electron chi connectivity index (χ3n) is 3.47. The van der Waals surface area contributed by atoms with Crippen LogP contribution in [0, 0.1) is 0 Å². The monoisotopic (exact) mass is 294 g/mol. The van der Waals surface area contributed by atoms with Crippen molar-refractivity contribution in [2.45, 2.75) is 18.9 Å². The van der Waals surface area contributed by atoms with Crippen molar-refractivity contribution in [3.63, 3.8) is 0 Å². The van der Waals surface area contributed by atoms with Crippen LogP contribution in [0.15, 0.2) is 12.1 Å². The van der Waals surface area contributed by atoms with E-state index in [0.717, 1.165) is 12.8 Å². The number of carbonyl (C=O) groups is 2. The number of aromatic carboxylic acids is 1. The highest BCUT2D eigenvalue weighted by atomic mass is 16.5. The van der Waals surface area contributed by atoms with Gasteiger partial charge in [0.05, 0.1) is 19.8 Å². The first kappa shape index (κ1) is 15.2. The molecule has 1 aromatic rings. The van der Waals surface area contributed by atoms with Crippen molar-refractivity contribution in [3.8, 4) is 5.75 Å². The molecular formula is C14H18N2O5. The second-order valence-electron chi connectivity index (χ2n) is 4.83. The summed E-state index contributed by atoms with van der Waals surface area (Å²) in [4.78, 5) is 29.2. The van der Waals surface area contributed by atoms with Crippen molar-refractivity contribution in [1.82, 2.24) is 9.88 Å². The number of hydrogen-bond donors (Lipinski definition) is 1. The fraction of sp³-hybridized carbons (Fsp3) is 0.500. The number of pyridine rings is 1. The minimum absolute atomic E-state index is 0.00350. The van der Waals surface area contributed by atoms with Crippen LogP contribution in [0.5, 0.6) is 5.75 Å². The van der Waals surface area contributed by atoms with Crippen molar-refractivity contribution in [3.05, 3.63) is 23.5 Å². The van der Waals surface area contributed by atoms with Crippen LogP contribution in [0.1, 0.15) is 33.8 Å². The number of hydrogen-bond acceptors (Lipinski definition) is 5. The van der Waals surface area contributed by atoms with Crippen LogP contribution in [0.2, 0.25) is 0 Å². The topological polar surface area (TPSA) is 89.0 Å². The molecule has 114 valence electrons. The van der Waals surface area contributed by atoms with Gasteiger partial charge in [0.15, 0.2) is 5.69 Å². The maximum Gasteiger partial charge on any atom is 0.354 e. The van der Waals surface area contributed by atoms with Gasteiger partial charge in [0.1, 0.15) is 11.4 Å².